The molecule has 2 rings (SSSR count). The van der Waals surface area contributed by atoms with E-state index in [0.29, 0.717) is 18.1 Å². The smallest absolute Gasteiger partial charge is 0.381 e. The molecule has 32 heavy (non-hydrogen) atoms. The first kappa shape index (κ1) is 24.8. The highest BCUT2D eigenvalue weighted by Crippen LogP contribution is 2.29. The summed E-state index contributed by atoms with van der Waals surface area (Å²) < 4.78 is 63.8. The molecule has 2 atom stereocenters. The number of halogens is 5. The fourth-order valence-corrected chi connectivity index (χ4v) is 2.47. The van der Waals surface area contributed by atoms with Gasteiger partial charge in [0.15, 0.2) is 5.60 Å². The average molecular weight is 456 g/mol. The minimum atomic E-state index is -4.46. The van der Waals surface area contributed by atoms with Gasteiger partial charge in [-0.2, -0.15) is 13.2 Å². The number of hydrogen-bond acceptors (Lipinski definition) is 4. The third-order valence-electron chi connectivity index (χ3n) is 4.38. The Morgan fingerprint density at radius 3 is 1.81 bits per heavy atom. The fourth-order valence-electron chi connectivity index (χ4n) is 2.47. The van der Waals surface area contributed by atoms with E-state index in [1.54, 1.807) is 0 Å². The summed E-state index contributed by atoms with van der Waals surface area (Å²) in [5, 5.41) is 20.4. The number of carbonyl (C=O) groups excluding carboxylic acids is 2. The van der Waals surface area contributed by atoms with Crippen molar-refractivity contribution in [1.29, 1.82) is 0 Å². The van der Waals surface area contributed by atoms with Crippen molar-refractivity contribution >= 4 is 11.8 Å². The number of carbonyl (C=O) groups is 2. The highest BCUT2D eigenvalue weighted by Gasteiger charge is 2.46. The van der Waals surface area contributed by atoms with Crippen molar-refractivity contribution in [3.8, 4) is 11.8 Å². The predicted octanol–water partition coefficient (Wildman–Crippen LogP) is 2.73. The number of hydroxylamine groups is 1. The van der Waals surface area contributed by atoms with Crippen LogP contribution in [0.5, 0.6) is 0 Å². The molecule has 0 spiro atoms. The van der Waals surface area contributed by atoms with E-state index in [-0.39, 0.29) is 5.56 Å². The molecule has 0 aromatic heterocycles. The van der Waals surface area contributed by atoms with Gasteiger partial charge in [-0.15, -0.1) is 0 Å². The van der Waals surface area contributed by atoms with Gasteiger partial charge in [0.25, 0.3) is 18.2 Å². The standard InChI is InChI=1S/C21H17F5N2O4/c1-20(31,19(22)23)16(18(30)28-32)27-17(29)14-8-4-12(5-9-14)2-3-13-6-10-15(11-7-13)21(24,25)26/h4-11,16,19,31-32H,1H3,(H,27,29)(H,28,30)/t16-,20?/m1/s1. The Kier molecular flexibility index (Phi) is 7.56. The summed E-state index contributed by atoms with van der Waals surface area (Å²) in [5.41, 5.74) is -2.01. The molecule has 2 amide bonds. The first-order chi connectivity index (χ1) is 14.9. The molecule has 6 nitrogen and oxygen atoms in total. The third-order valence-corrected chi connectivity index (χ3v) is 4.38. The second kappa shape index (κ2) is 9.76. The zero-order valence-corrected chi connectivity index (χ0v) is 16.4. The summed E-state index contributed by atoms with van der Waals surface area (Å²) in [6.45, 7) is 0.623. The summed E-state index contributed by atoms with van der Waals surface area (Å²) in [4.78, 5) is 23.9. The van der Waals surface area contributed by atoms with Crippen LogP contribution in [0.4, 0.5) is 22.0 Å². The Morgan fingerprint density at radius 2 is 1.41 bits per heavy atom. The molecule has 0 aliphatic heterocycles. The van der Waals surface area contributed by atoms with Crippen LogP contribution < -0.4 is 10.8 Å². The van der Waals surface area contributed by atoms with E-state index in [9.17, 15) is 36.6 Å². The number of amides is 2. The van der Waals surface area contributed by atoms with Crippen LogP contribution in [-0.2, 0) is 11.0 Å². The molecule has 0 saturated heterocycles. The topological polar surface area (TPSA) is 98.7 Å². The van der Waals surface area contributed by atoms with E-state index in [1.165, 1.54) is 36.4 Å². The summed E-state index contributed by atoms with van der Waals surface area (Å²) in [6.07, 6.45) is -7.87. The minimum Gasteiger partial charge on any atom is -0.381 e. The molecule has 0 saturated carbocycles. The number of benzene rings is 2. The molecule has 11 heteroatoms. The largest absolute Gasteiger partial charge is 0.416 e. The maximum Gasteiger partial charge on any atom is 0.416 e. The Labute approximate surface area is 179 Å². The molecule has 0 aliphatic rings. The van der Waals surface area contributed by atoms with Crippen LogP contribution >= 0.6 is 0 Å². The predicted molar refractivity (Wildman–Crippen MR) is 102 cm³/mol. The summed E-state index contributed by atoms with van der Waals surface area (Å²) >= 11 is 0. The zero-order valence-electron chi connectivity index (χ0n) is 16.4. The van der Waals surface area contributed by atoms with Gasteiger partial charge >= 0.3 is 6.18 Å². The van der Waals surface area contributed by atoms with Crippen LogP contribution in [0.3, 0.4) is 0 Å². The van der Waals surface area contributed by atoms with Gasteiger partial charge in [0.1, 0.15) is 6.04 Å². The van der Waals surface area contributed by atoms with Gasteiger partial charge in [-0.1, -0.05) is 11.8 Å². The Bertz CT molecular complexity index is 1020. The molecule has 2 aromatic rings. The number of hydrogen-bond donors (Lipinski definition) is 4. The maximum absolute atomic E-state index is 13.0. The Hall–Kier alpha value is -3.49. The van der Waals surface area contributed by atoms with Crippen molar-refractivity contribution in [3.63, 3.8) is 0 Å². The van der Waals surface area contributed by atoms with Crippen LogP contribution in [0.25, 0.3) is 0 Å². The van der Waals surface area contributed by atoms with Gasteiger partial charge in [-0.25, -0.2) is 14.3 Å². The second-order valence-corrected chi connectivity index (χ2v) is 6.81. The van der Waals surface area contributed by atoms with Gasteiger partial charge < -0.3 is 10.4 Å². The number of rotatable bonds is 5. The molecule has 0 aliphatic carbocycles. The molecular formula is C21H17F5N2O4. The second-order valence-electron chi connectivity index (χ2n) is 6.81. The fraction of sp³-hybridized carbons (Fsp3) is 0.238. The van der Waals surface area contributed by atoms with Crippen LogP contribution in [0.15, 0.2) is 48.5 Å². The lowest BCUT2D eigenvalue weighted by atomic mass is 9.95. The highest BCUT2D eigenvalue weighted by atomic mass is 19.4. The molecule has 1 unspecified atom stereocenters. The zero-order chi connectivity index (χ0) is 24.1. The number of aliphatic hydroxyl groups is 1. The van der Waals surface area contributed by atoms with Gasteiger partial charge in [0.2, 0.25) is 0 Å². The first-order valence-electron chi connectivity index (χ1n) is 8.91. The monoisotopic (exact) mass is 456 g/mol. The van der Waals surface area contributed by atoms with Crippen LogP contribution in [0, 0.1) is 11.8 Å². The lowest BCUT2D eigenvalue weighted by Crippen LogP contribution is -2.61. The highest BCUT2D eigenvalue weighted by molar-refractivity contribution is 5.97. The summed E-state index contributed by atoms with van der Waals surface area (Å²) in [7, 11) is 0. The van der Waals surface area contributed by atoms with Crippen molar-refractivity contribution in [3.05, 3.63) is 70.8 Å². The minimum absolute atomic E-state index is 0.0640. The molecule has 170 valence electrons. The van der Waals surface area contributed by atoms with Crippen molar-refractivity contribution in [2.24, 2.45) is 0 Å². The van der Waals surface area contributed by atoms with Crippen LogP contribution in [-0.4, -0.2) is 40.2 Å². The number of alkyl halides is 5. The van der Waals surface area contributed by atoms with Gasteiger partial charge in [-0.3, -0.25) is 14.8 Å². The van der Waals surface area contributed by atoms with Crippen molar-refractivity contribution in [1.82, 2.24) is 10.8 Å². The van der Waals surface area contributed by atoms with Crippen molar-refractivity contribution in [2.45, 2.75) is 31.2 Å². The van der Waals surface area contributed by atoms with Gasteiger partial charge in [-0.05, 0) is 55.5 Å². The first-order valence-corrected chi connectivity index (χ1v) is 8.91. The molecule has 2 aromatic carbocycles. The van der Waals surface area contributed by atoms with E-state index in [0.717, 1.165) is 17.6 Å². The molecular weight excluding hydrogens is 439 g/mol. The molecule has 0 bridgehead atoms. The van der Waals surface area contributed by atoms with Crippen LogP contribution in [0.2, 0.25) is 0 Å². The van der Waals surface area contributed by atoms with E-state index >= 15 is 0 Å². The lowest BCUT2D eigenvalue weighted by Gasteiger charge is -2.30. The molecule has 0 radical (unpaired) electrons. The Balaban J connectivity index is 2.14. The average Bonchev–Trinajstić information content (AvgIpc) is 2.75. The van der Waals surface area contributed by atoms with E-state index < -0.39 is 41.6 Å². The molecule has 0 heterocycles. The molecule has 4 N–H and O–H groups in total. The normalized spacial score (nSPS) is 14.0. The summed E-state index contributed by atoms with van der Waals surface area (Å²) in [5.74, 6) is 2.93. The van der Waals surface area contributed by atoms with Gasteiger partial charge in [0.05, 0.1) is 5.56 Å². The molecule has 0 fully saturated rings. The van der Waals surface area contributed by atoms with E-state index in [4.69, 9.17) is 5.21 Å². The summed E-state index contributed by atoms with van der Waals surface area (Å²) in [6, 6.07) is 7.34. The maximum atomic E-state index is 13.0. The van der Waals surface area contributed by atoms with Crippen LogP contribution in [0.1, 0.15) is 34.0 Å². The van der Waals surface area contributed by atoms with Gasteiger partial charge in [0, 0.05) is 16.7 Å². The van der Waals surface area contributed by atoms with E-state index in [2.05, 4.69) is 11.8 Å². The quantitative estimate of drug-likeness (QED) is 0.241. The SMILES string of the molecule is CC(O)(C(F)F)[C@H](NC(=O)c1ccc(C#Cc2ccc(C(F)(F)F)cc2)cc1)C(=O)NO. The third kappa shape index (κ3) is 6.03. The van der Waals surface area contributed by atoms with Crippen molar-refractivity contribution in [2.75, 3.05) is 0 Å². The van der Waals surface area contributed by atoms with E-state index in [1.807, 2.05) is 5.32 Å². The Morgan fingerprint density at radius 1 is 0.938 bits per heavy atom. The number of nitrogens with one attached hydrogen (secondary N) is 2. The lowest BCUT2D eigenvalue weighted by molar-refractivity contribution is -0.149. The van der Waals surface area contributed by atoms with Crippen molar-refractivity contribution < 1.29 is 41.9 Å².